The fourth-order valence-electron chi connectivity index (χ4n) is 1.32. The lowest BCUT2D eigenvalue weighted by Gasteiger charge is -2.05. The summed E-state index contributed by atoms with van der Waals surface area (Å²) in [5.41, 5.74) is 2.60. The van der Waals surface area contributed by atoms with Crippen LogP contribution in [0.1, 0.15) is 41.5 Å². The van der Waals surface area contributed by atoms with Gasteiger partial charge in [-0.3, -0.25) is 0 Å². The van der Waals surface area contributed by atoms with Gasteiger partial charge in [0, 0.05) is 5.25 Å². The molecule has 0 nitrogen and oxygen atoms in total. The summed E-state index contributed by atoms with van der Waals surface area (Å²) >= 11 is 1.89. The Hall–Kier alpha value is -0.950. The van der Waals surface area contributed by atoms with Crippen molar-refractivity contribution in [1.82, 2.24) is 0 Å². The van der Waals surface area contributed by atoms with E-state index in [4.69, 9.17) is 0 Å². The van der Waals surface area contributed by atoms with Crippen molar-refractivity contribution in [3.8, 4) is 0 Å². The van der Waals surface area contributed by atoms with Crippen LogP contribution in [0.5, 0.6) is 0 Å². The molecule has 0 bridgehead atoms. The van der Waals surface area contributed by atoms with Crippen molar-refractivity contribution < 1.29 is 0 Å². The summed E-state index contributed by atoms with van der Waals surface area (Å²) < 4.78 is 0. The molecule has 0 radical (unpaired) electrons. The number of hydrogen-bond donors (Lipinski definition) is 0. The third kappa shape index (κ3) is 9.12. The van der Waals surface area contributed by atoms with Crippen LogP contribution < -0.4 is 0 Å². The maximum absolute atomic E-state index is 2.25. The third-order valence-corrected chi connectivity index (χ3v) is 3.50. The van der Waals surface area contributed by atoms with Crippen LogP contribution in [0.2, 0.25) is 0 Å². The highest BCUT2D eigenvalue weighted by atomic mass is 32.2. The van der Waals surface area contributed by atoms with E-state index >= 15 is 0 Å². The molecule has 0 aromatic rings. The topological polar surface area (TPSA) is 0 Å². The van der Waals surface area contributed by atoms with E-state index in [9.17, 15) is 0 Å². The largest absolute Gasteiger partial charge is 0.124 e. The quantitative estimate of drug-likeness (QED) is 0.524. The zero-order valence-corrected chi connectivity index (χ0v) is 13.3. The van der Waals surface area contributed by atoms with Crippen molar-refractivity contribution in [2.75, 3.05) is 0 Å². The minimum absolute atomic E-state index is 0.506. The lowest BCUT2D eigenvalue weighted by molar-refractivity contribution is 1.24. The van der Waals surface area contributed by atoms with E-state index in [0.29, 0.717) is 5.25 Å². The first kappa shape index (κ1) is 17.1. The molecule has 0 amide bonds. The van der Waals surface area contributed by atoms with E-state index in [2.05, 4.69) is 77.2 Å². The average Bonchev–Trinajstić information content (AvgIpc) is 2.33. The predicted molar refractivity (Wildman–Crippen MR) is 88.0 cm³/mol. The zero-order chi connectivity index (χ0) is 14.0. The Balaban J connectivity index is 4.39. The van der Waals surface area contributed by atoms with Gasteiger partial charge in [-0.1, -0.05) is 53.7 Å². The second kappa shape index (κ2) is 10.0. The lowest BCUT2D eigenvalue weighted by atomic mass is 10.2. The minimum atomic E-state index is 0.506. The van der Waals surface area contributed by atoms with Gasteiger partial charge < -0.3 is 0 Å². The third-order valence-electron chi connectivity index (χ3n) is 2.47. The van der Waals surface area contributed by atoms with Gasteiger partial charge in [0.05, 0.1) is 0 Å². The summed E-state index contributed by atoms with van der Waals surface area (Å²) in [7, 11) is 0. The number of hydrogen-bond acceptors (Lipinski definition) is 1. The highest BCUT2D eigenvalue weighted by molar-refractivity contribution is 8.03. The summed E-state index contributed by atoms with van der Waals surface area (Å²) in [6.45, 7) is 12.7. The van der Waals surface area contributed by atoms with E-state index in [0.717, 1.165) is 0 Å². The molecule has 18 heavy (non-hydrogen) atoms. The summed E-state index contributed by atoms with van der Waals surface area (Å²) in [4.78, 5) is 1.34. The van der Waals surface area contributed by atoms with E-state index in [1.54, 1.807) is 0 Å². The molecule has 0 aromatic heterocycles. The predicted octanol–water partition coefficient (Wildman–Crippen LogP) is 6.06. The van der Waals surface area contributed by atoms with Crippen LogP contribution in [0.15, 0.2) is 58.6 Å². The van der Waals surface area contributed by atoms with Gasteiger partial charge in [0.2, 0.25) is 0 Å². The Morgan fingerprint density at radius 3 is 2.17 bits per heavy atom. The molecular formula is C17H26S. The second-order valence-corrected chi connectivity index (χ2v) is 6.03. The standard InChI is InChI=1S/C17H26S/c1-7-9-15(4)11-13-17(6)18-16(5)12-10-14(3)8-2/h7-13,16H,1-6H3/b9-7-,12-10-,14-8-,15-11-,17-13+. The van der Waals surface area contributed by atoms with Crippen molar-refractivity contribution in [3.05, 3.63) is 58.6 Å². The Labute approximate surface area is 117 Å². The molecule has 0 aliphatic heterocycles. The molecule has 0 fully saturated rings. The fourth-order valence-corrected chi connectivity index (χ4v) is 2.21. The molecule has 0 spiro atoms. The molecule has 0 saturated heterocycles. The van der Waals surface area contributed by atoms with Crippen molar-refractivity contribution in [3.63, 3.8) is 0 Å². The van der Waals surface area contributed by atoms with E-state index in [1.165, 1.54) is 16.1 Å². The van der Waals surface area contributed by atoms with Gasteiger partial charge in [-0.2, -0.15) is 0 Å². The molecule has 0 heterocycles. The second-order valence-electron chi connectivity index (χ2n) is 4.40. The Kier molecular flexibility index (Phi) is 9.49. The van der Waals surface area contributed by atoms with Crippen molar-refractivity contribution in [2.24, 2.45) is 0 Å². The van der Waals surface area contributed by atoms with Crippen LogP contribution in [0.4, 0.5) is 0 Å². The smallest absolute Gasteiger partial charge is 0.0245 e. The van der Waals surface area contributed by atoms with Crippen LogP contribution in [0, 0.1) is 0 Å². The van der Waals surface area contributed by atoms with E-state index in [-0.39, 0.29) is 0 Å². The molecule has 0 rings (SSSR count). The summed E-state index contributed by atoms with van der Waals surface area (Å²) in [6, 6.07) is 0. The van der Waals surface area contributed by atoms with E-state index < -0.39 is 0 Å². The van der Waals surface area contributed by atoms with Crippen LogP contribution >= 0.6 is 11.8 Å². The lowest BCUT2D eigenvalue weighted by Crippen LogP contribution is -1.89. The van der Waals surface area contributed by atoms with Crippen LogP contribution in [0.25, 0.3) is 0 Å². The molecule has 1 unspecified atom stereocenters. The highest BCUT2D eigenvalue weighted by Gasteiger charge is 1.98. The normalized spacial score (nSPS) is 16.9. The van der Waals surface area contributed by atoms with Gasteiger partial charge in [0.15, 0.2) is 0 Å². The van der Waals surface area contributed by atoms with Gasteiger partial charge in [-0.15, -0.1) is 11.8 Å². The van der Waals surface area contributed by atoms with E-state index in [1.807, 2.05) is 18.7 Å². The van der Waals surface area contributed by atoms with Crippen LogP contribution in [0.3, 0.4) is 0 Å². The zero-order valence-electron chi connectivity index (χ0n) is 12.5. The molecule has 0 aliphatic rings. The highest BCUT2D eigenvalue weighted by Crippen LogP contribution is 2.22. The molecule has 0 N–H and O–H groups in total. The summed E-state index contributed by atoms with van der Waals surface area (Å²) in [6.07, 6.45) is 15.1. The first-order chi connectivity index (χ1) is 8.49. The molecule has 1 atom stereocenters. The summed E-state index contributed by atoms with van der Waals surface area (Å²) in [5.74, 6) is 0. The maximum Gasteiger partial charge on any atom is 0.0245 e. The first-order valence-corrected chi connectivity index (χ1v) is 7.33. The molecule has 0 aromatic carbocycles. The van der Waals surface area contributed by atoms with Crippen LogP contribution in [-0.2, 0) is 0 Å². The molecule has 100 valence electrons. The fraction of sp³-hybridized carbons (Fsp3) is 0.412. The number of allylic oxidation sites excluding steroid dienone is 9. The molecule has 0 saturated carbocycles. The monoisotopic (exact) mass is 262 g/mol. The maximum atomic E-state index is 2.25. The average molecular weight is 262 g/mol. The van der Waals surface area contributed by atoms with Crippen molar-refractivity contribution >= 4 is 11.8 Å². The van der Waals surface area contributed by atoms with Crippen LogP contribution in [-0.4, -0.2) is 5.25 Å². The Morgan fingerprint density at radius 2 is 1.61 bits per heavy atom. The van der Waals surface area contributed by atoms with Gasteiger partial charge in [-0.05, 0) is 46.4 Å². The number of rotatable bonds is 6. The first-order valence-electron chi connectivity index (χ1n) is 6.45. The molecule has 1 heteroatoms. The van der Waals surface area contributed by atoms with Gasteiger partial charge in [-0.25, -0.2) is 0 Å². The van der Waals surface area contributed by atoms with Gasteiger partial charge in [0.1, 0.15) is 0 Å². The van der Waals surface area contributed by atoms with Gasteiger partial charge >= 0.3 is 0 Å². The minimum Gasteiger partial charge on any atom is -0.124 e. The molecule has 0 aliphatic carbocycles. The SMILES string of the molecule is C\C=C/C(C)=C\C=C(/C)SC(C)/C=C\C(C)=C/C. The molecular weight excluding hydrogens is 236 g/mol. The summed E-state index contributed by atoms with van der Waals surface area (Å²) in [5, 5.41) is 0.506. The van der Waals surface area contributed by atoms with Gasteiger partial charge in [0.25, 0.3) is 0 Å². The van der Waals surface area contributed by atoms with Crippen molar-refractivity contribution in [2.45, 2.75) is 46.8 Å². The Bertz CT molecular complexity index is 378. The Morgan fingerprint density at radius 1 is 0.944 bits per heavy atom. The van der Waals surface area contributed by atoms with Crippen molar-refractivity contribution in [1.29, 1.82) is 0 Å². The number of thioether (sulfide) groups is 1.